The average Bonchev–Trinajstić information content (AvgIpc) is 2.88. The number of amides is 2. The number of pyridine rings is 1. The first-order chi connectivity index (χ1) is 14.2. The first-order valence-corrected chi connectivity index (χ1v) is 9.37. The summed E-state index contributed by atoms with van der Waals surface area (Å²) in [7, 11) is 0. The van der Waals surface area contributed by atoms with Crippen molar-refractivity contribution in [1.29, 1.82) is 0 Å². The lowest BCUT2D eigenvalue weighted by atomic mass is 9.93. The molecule has 2 aliphatic rings. The van der Waals surface area contributed by atoms with Crippen molar-refractivity contribution in [3.8, 4) is 5.75 Å². The first kappa shape index (κ1) is 19.8. The normalized spacial score (nSPS) is 20.0. The van der Waals surface area contributed by atoms with Crippen molar-refractivity contribution in [1.82, 2.24) is 14.8 Å². The molecule has 2 amide bonds. The van der Waals surface area contributed by atoms with Gasteiger partial charge in [-0.05, 0) is 19.4 Å². The SMILES string of the molecule is C[C@]12CC=CCN(C1)C(=O)c1c(O)c(=O)c(C(=O)NCc3ccc(F)cc3F)cn12. The van der Waals surface area contributed by atoms with Gasteiger partial charge in [-0.2, -0.15) is 0 Å². The molecular weight excluding hydrogens is 396 g/mol. The summed E-state index contributed by atoms with van der Waals surface area (Å²) < 4.78 is 28.3. The number of nitrogens with one attached hydrogen (secondary N) is 1. The smallest absolute Gasteiger partial charge is 0.274 e. The summed E-state index contributed by atoms with van der Waals surface area (Å²) in [5.74, 6) is -3.70. The predicted molar refractivity (Wildman–Crippen MR) is 103 cm³/mol. The topological polar surface area (TPSA) is 91.6 Å². The van der Waals surface area contributed by atoms with Gasteiger partial charge in [0, 0.05) is 37.5 Å². The Morgan fingerprint density at radius 2 is 2.03 bits per heavy atom. The lowest BCUT2D eigenvalue weighted by Gasteiger charge is -2.42. The van der Waals surface area contributed by atoms with E-state index in [2.05, 4.69) is 5.32 Å². The number of halogens is 2. The molecule has 2 N–H and O–H groups in total. The van der Waals surface area contributed by atoms with E-state index in [4.69, 9.17) is 0 Å². The maximum absolute atomic E-state index is 13.8. The van der Waals surface area contributed by atoms with Gasteiger partial charge in [-0.15, -0.1) is 0 Å². The average molecular weight is 415 g/mol. The molecule has 0 spiro atoms. The molecule has 0 aliphatic carbocycles. The minimum absolute atomic E-state index is 0.0405. The van der Waals surface area contributed by atoms with Crippen LogP contribution in [0, 0.1) is 11.6 Å². The third-order valence-electron chi connectivity index (χ3n) is 5.54. The van der Waals surface area contributed by atoms with Gasteiger partial charge in [0.05, 0.1) is 5.54 Å². The van der Waals surface area contributed by atoms with Crippen LogP contribution in [-0.4, -0.2) is 39.5 Å². The highest BCUT2D eigenvalue weighted by Crippen LogP contribution is 2.34. The Morgan fingerprint density at radius 1 is 1.27 bits per heavy atom. The Labute approximate surface area is 170 Å². The van der Waals surface area contributed by atoms with Gasteiger partial charge in [-0.1, -0.05) is 18.2 Å². The second-order valence-corrected chi connectivity index (χ2v) is 7.72. The van der Waals surface area contributed by atoms with Crippen molar-refractivity contribution in [2.24, 2.45) is 0 Å². The number of rotatable bonds is 3. The molecular formula is C21H19F2N3O4. The van der Waals surface area contributed by atoms with Gasteiger partial charge in [0.15, 0.2) is 11.4 Å². The van der Waals surface area contributed by atoms with E-state index < -0.39 is 40.2 Å². The fourth-order valence-electron chi connectivity index (χ4n) is 3.89. The molecule has 1 atom stereocenters. The number of hydrogen-bond donors (Lipinski definition) is 2. The Hall–Kier alpha value is -3.49. The summed E-state index contributed by atoms with van der Waals surface area (Å²) in [6.07, 6.45) is 5.56. The Bertz CT molecular complexity index is 1160. The molecule has 0 radical (unpaired) electrons. The van der Waals surface area contributed by atoms with Gasteiger partial charge < -0.3 is 19.9 Å². The number of hydrogen-bond acceptors (Lipinski definition) is 4. The van der Waals surface area contributed by atoms with Crippen LogP contribution in [0.25, 0.3) is 0 Å². The zero-order valence-electron chi connectivity index (χ0n) is 16.1. The van der Waals surface area contributed by atoms with E-state index in [0.717, 1.165) is 6.07 Å². The number of carbonyl (C=O) groups is 2. The Morgan fingerprint density at radius 3 is 2.77 bits per heavy atom. The summed E-state index contributed by atoms with van der Waals surface area (Å²) in [5.41, 5.74) is -2.12. The lowest BCUT2D eigenvalue weighted by molar-refractivity contribution is 0.0603. The van der Waals surface area contributed by atoms with Gasteiger partial charge in [0.1, 0.15) is 17.2 Å². The summed E-state index contributed by atoms with van der Waals surface area (Å²) >= 11 is 0. The fraction of sp³-hybridized carbons (Fsp3) is 0.286. The van der Waals surface area contributed by atoms with Gasteiger partial charge in [-0.25, -0.2) is 8.78 Å². The van der Waals surface area contributed by atoms with Crippen LogP contribution in [0.3, 0.4) is 0 Å². The van der Waals surface area contributed by atoms with Crippen molar-refractivity contribution < 1.29 is 23.5 Å². The Balaban J connectivity index is 1.71. The molecule has 30 heavy (non-hydrogen) atoms. The monoisotopic (exact) mass is 415 g/mol. The molecule has 1 aromatic heterocycles. The highest BCUT2D eigenvalue weighted by molar-refractivity contribution is 5.99. The van der Waals surface area contributed by atoms with E-state index in [1.807, 2.05) is 19.1 Å². The second kappa shape index (κ2) is 7.08. The van der Waals surface area contributed by atoms with Crippen LogP contribution in [0.1, 0.15) is 39.8 Å². The third-order valence-corrected chi connectivity index (χ3v) is 5.54. The molecule has 0 fully saturated rings. The van der Waals surface area contributed by atoms with E-state index in [1.165, 1.54) is 21.7 Å². The summed E-state index contributed by atoms with van der Waals surface area (Å²) in [4.78, 5) is 39.6. The van der Waals surface area contributed by atoms with Crippen molar-refractivity contribution in [2.75, 3.05) is 13.1 Å². The molecule has 3 heterocycles. The zero-order chi connectivity index (χ0) is 21.6. The summed E-state index contributed by atoms with van der Waals surface area (Å²) in [6, 6.07) is 2.94. The molecule has 156 valence electrons. The number of nitrogens with zero attached hydrogens (tertiary/aromatic N) is 2. The van der Waals surface area contributed by atoms with Crippen molar-refractivity contribution in [2.45, 2.75) is 25.4 Å². The van der Waals surface area contributed by atoms with Gasteiger partial charge >= 0.3 is 0 Å². The quantitative estimate of drug-likeness (QED) is 0.749. The van der Waals surface area contributed by atoms with Crippen molar-refractivity contribution in [3.63, 3.8) is 0 Å². The number of aromatic nitrogens is 1. The lowest BCUT2D eigenvalue weighted by Crippen LogP contribution is -2.52. The minimum Gasteiger partial charge on any atom is -0.503 e. The van der Waals surface area contributed by atoms with Crippen molar-refractivity contribution >= 4 is 11.8 Å². The molecule has 0 saturated heterocycles. The molecule has 0 unspecified atom stereocenters. The van der Waals surface area contributed by atoms with Crippen molar-refractivity contribution in [3.05, 3.63) is 75.2 Å². The molecule has 7 nitrogen and oxygen atoms in total. The van der Waals surface area contributed by atoms with E-state index in [-0.39, 0.29) is 23.4 Å². The number of allylic oxidation sites excluding steroid dienone is 1. The Kier molecular flexibility index (Phi) is 4.68. The van der Waals surface area contributed by atoms with Crippen LogP contribution >= 0.6 is 0 Å². The largest absolute Gasteiger partial charge is 0.503 e. The van der Waals surface area contributed by atoms with E-state index in [9.17, 15) is 28.3 Å². The van der Waals surface area contributed by atoms with Crippen LogP contribution in [0.15, 0.2) is 41.3 Å². The predicted octanol–water partition coefficient (Wildman–Crippen LogP) is 1.89. The summed E-state index contributed by atoms with van der Waals surface area (Å²) in [6.45, 7) is 2.31. The number of fused-ring (bicyclic) bond motifs is 4. The number of benzene rings is 1. The molecule has 4 rings (SSSR count). The van der Waals surface area contributed by atoms with Gasteiger partial charge in [0.2, 0.25) is 5.43 Å². The molecule has 9 heteroatoms. The van der Waals surface area contributed by atoms with E-state index >= 15 is 0 Å². The maximum Gasteiger partial charge on any atom is 0.274 e. The van der Waals surface area contributed by atoms with Crippen LogP contribution in [0.5, 0.6) is 5.75 Å². The highest BCUT2D eigenvalue weighted by atomic mass is 19.1. The molecule has 2 bridgehead atoms. The molecule has 2 aromatic rings. The molecule has 1 aromatic carbocycles. The number of carbonyl (C=O) groups excluding carboxylic acids is 2. The van der Waals surface area contributed by atoms with Gasteiger partial charge in [-0.3, -0.25) is 14.4 Å². The van der Waals surface area contributed by atoms with Crippen LogP contribution in [0.4, 0.5) is 8.78 Å². The minimum atomic E-state index is -0.983. The number of aromatic hydroxyl groups is 1. The molecule has 2 aliphatic heterocycles. The third kappa shape index (κ3) is 3.16. The first-order valence-electron chi connectivity index (χ1n) is 9.37. The van der Waals surface area contributed by atoms with E-state index in [1.54, 1.807) is 0 Å². The summed E-state index contributed by atoms with van der Waals surface area (Å²) in [5, 5.41) is 12.9. The van der Waals surface area contributed by atoms with Crippen LogP contribution in [0.2, 0.25) is 0 Å². The van der Waals surface area contributed by atoms with Crippen LogP contribution < -0.4 is 10.7 Å². The molecule has 0 saturated carbocycles. The highest BCUT2D eigenvalue weighted by Gasteiger charge is 2.42. The van der Waals surface area contributed by atoms with E-state index in [0.29, 0.717) is 25.6 Å². The second-order valence-electron chi connectivity index (χ2n) is 7.72. The fourth-order valence-corrected chi connectivity index (χ4v) is 3.89. The van der Waals surface area contributed by atoms with Crippen LogP contribution in [-0.2, 0) is 12.1 Å². The standard InChI is InChI=1S/C21H19F2N3O4/c1-21-6-2-3-7-25(11-21)20(30)16-18(28)17(27)14(10-26(16)21)19(29)24-9-12-4-5-13(22)8-15(12)23/h2-5,8,10,28H,6-7,9,11H2,1H3,(H,24,29)/t21-/m0/s1. The maximum atomic E-state index is 13.8. The zero-order valence-corrected chi connectivity index (χ0v) is 16.1. The van der Waals surface area contributed by atoms with Gasteiger partial charge in [0.25, 0.3) is 11.8 Å².